The highest BCUT2D eigenvalue weighted by atomic mass is 35.5. The van der Waals surface area contributed by atoms with E-state index < -0.39 is 24.0 Å². The normalized spacial score (nSPS) is 11.5. The van der Waals surface area contributed by atoms with Crippen LogP contribution in [0, 0.1) is 13.8 Å². The van der Waals surface area contributed by atoms with Gasteiger partial charge in [0.2, 0.25) is 0 Å². The minimum atomic E-state index is -1.25. The van der Waals surface area contributed by atoms with Gasteiger partial charge in [-0.1, -0.05) is 41.9 Å². The van der Waals surface area contributed by atoms with Gasteiger partial charge in [0.05, 0.1) is 10.7 Å². The number of pyridine rings is 1. The molecule has 3 amide bonds. The van der Waals surface area contributed by atoms with Crippen LogP contribution in [0.5, 0.6) is 0 Å². The molecule has 2 heterocycles. The fourth-order valence-corrected chi connectivity index (χ4v) is 3.04. The predicted molar refractivity (Wildman–Crippen MR) is 118 cm³/mol. The van der Waals surface area contributed by atoms with E-state index in [2.05, 4.69) is 20.7 Å². The van der Waals surface area contributed by atoms with Gasteiger partial charge in [-0.15, -0.1) is 0 Å². The molecule has 0 aliphatic heterocycles. The molecule has 2 aromatic heterocycles. The van der Waals surface area contributed by atoms with Gasteiger partial charge in [-0.2, -0.15) is 5.10 Å². The van der Waals surface area contributed by atoms with Crippen molar-refractivity contribution in [2.45, 2.75) is 33.4 Å². The smallest absolute Gasteiger partial charge is 0.359 e. The first-order chi connectivity index (χ1) is 15.2. The molecular weight excluding hydrogens is 434 g/mol. The number of nitrogens with zero attached hydrogens (tertiary/aromatic N) is 3. The fraction of sp³-hybridized carbons (Fsp3) is 0.227. The van der Waals surface area contributed by atoms with Crippen LogP contribution >= 0.6 is 11.6 Å². The topological polar surface area (TPSA) is 115 Å². The van der Waals surface area contributed by atoms with Crippen molar-refractivity contribution in [1.82, 2.24) is 25.4 Å². The van der Waals surface area contributed by atoms with Crippen LogP contribution in [0.1, 0.15) is 34.4 Å². The quantitative estimate of drug-likeness (QED) is 0.552. The summed E-state index contributed by atoms with van der Waals surface area (Å²) < 4.78 is 6.73. The van der Waals surface area contributed by atoms with Crippen LogP contribution in [0.15, 0.2) is 48.5 Å². The number of esters is 1. The molecule has 0 spiro atoms. The second kappa shape index (κ2) is 10.1. The number of imide groups is 1. The first kappa shape index (κ1) is 23.0. The summed E-state index contributed by atoms with van der Waals surface area (Å²) in [6.07, 6.45) is -1.25. The molecule has 0 saturated heterocycles. The summed E-state index contributed by atoms with van der Waals surface area (Å²) in [6, 6.07) is 13.5. The Kier molecular flexibility index (Phi) is 7.21. The van der Waals surface area contributed by atoms with Crippen LogP contribution in [-0.4, -0.2) is 38.8 Å². The Morgan fingerprint density at radius 3 is 2.50 bits per heavy atom. The maximum absolute atomic E-state index is 12.6. The minimum Gasteiger partial charge on any atom is -0.448 e. The monoisotopic (exact) mass is 455 g/mol. The van der Waals surface area contributed by atoms with E-state index >= 15 is 0 Å². The predicted octanol–water partition coefficient (Wildman–Crippen LogP) is 3.11. The number of aromatic nitrogens is 3. The van der Waals surface area contributed by atoms with Crippen LogP contribution in [0.2, 0.25) is 5.02 Å². The Morgan fingerprint density at radius 1 is 1.12 bits per heavy atom. The van der Waals surface area contributed by atoms with Crippen molar-refractivity contribution in [2.24, 2.45) is 0 Å². The molecule has 32 heavy (non-hydrogen) atoms. The van der Waals surface area contributed by atoms with Gasteiger partial charge in [0.25, 0.3) is 5.91 Å². The Balaban J connectivity index is 1.61. The standard InChI is InChI=1S/C22H22ClN5O4/c1-13-11-14(2)28(27-13)18-10-9-17(23)19(25-18)21(30)32-15(3)20(29)26-22(31)24-12-16-7-5-4-6-8-16/h4-11,15H,12H2,1-3H3,(H2,24,26,29,31). The van der Waals surface area contributed by atoms with Crippen molar-refractivity contribution in [1.29, 1.82) is 0 Å². The molecule has 166 valence electrons. The number of halogens is 1. The van der Waals surface area contributed by atoms with Crippen LogP contribution in [0.25, 0.3) is 5.82 Å². The third-order valence-corrected chi connectivity index (χ3v) is 4.74. The largest absolute Gasteiger partial charge is 0.448 e. The van der Waals surface area contributed by atoms with E-state index in [1.807, 2.05) is 50.2 Å². The number of nitrogens with one attached hydrogen (secondary N) is 2. The lowest BCUT2D eigenvalue weighted by Gasteiger charge is -2.14. The number of aryl methyl sites for hydroxylation is 2. The van der Waals surface area contributed by atoms with E-state index in [9.17, 15) is 14.4 Å². The molecule has 10 heteroatoms. The van der Waals surface area contributed by atoms with E-state index in [0.29, 0.717) is 5.82 Å². The number of benzene rings is 1. The number of amides is 3. The molecule has 1 unspecified atom stereocenters. The van der Waals surface area contributed by atoms with E-state index in [1.165, 1.54) is 13.0 Å². The number of urea groups is 1. The van der Waals surface area contributed by atoms with Crippen molar-refractivity contribution < 1.29 is 19.1 Å². The molecule has 3 aromatic rings. The van der Waals surface area contributed by atoms with Crippen LogP contribution < -0.4 is 10.6 Å². The highest BCUT2D eigenvalue weighted by Crippen LogP contribution is 2.19. The Morgan fingerprint density at radius 2 is 1.84 bits per heavy atom. The molecule has 0 radical (unpaired) electrons. The molecular formula is C22H22ClN5O4. The second-order valence-corrected chi connectivity index (χ2v) is 7.45. The molecule has 2 N–H and O–H groups in total. The number of hydrogen-bond acceptors (Lipinski definition) is 6. The Hall–Kier alpha value is -3.72. The maximum Gasteiger partial charge on any atom is 0.359 e. The maximum atomic E-state index is 12.6. The summed E-state index contributed by atoms with van der Waals surface area (Å²) in [5, 5.41) is 9.08. The summed E-state index contributed by atoms with van der Waals surface area (Å²) in [5.74, 6) is -1.30. The van der Waals surface area contributed by atoms with Gasteiger partial charge in [-0.3, -0.25) is 10.1 Å². The van der Waals surface area contributed by atoms with Crippen LogP contribution in [0.4, 0.5) is 4.79 Å². The van der Waals surface area contributed by atoms with Gasteiger partial charge in [-0.05, 0) is 44.5 Å². The highest BCUT2D eigenvalue weighted by Gasteiger charge is 2.24. The van der Waals surface area contributed by atoms with Crippen molar-refractivity contribution in [3.05, 3.63) is 76.2 Å². The molecule has 0 saturated carbocycles. The van der Waals surface area contributed by atoms with E-state index in [-0.39, 0.29) is 17.3 Å². The molecule has 0 fully saturated rings. The summed E-state index contributed by atoms with van der Waals surface area (Å²) >= 11 is 6.11. The fourth-order valence-electron chi connectivity index (χ4n) is 2.86. The number of hydrogen-bond donors (Lipinski definition) is 2. The SMILES string of the molecule is Cc1cc(C)n(-c2ccc(Cl)c(C(=O)OC(C)C(=O)NC(=O)NCc3ccccc3)n2)n1. The lowest BCUT2D eigenvalue weighted by Crippen LogP contribution is -2.44. The molecule has 0 aliphatic carbocycles. The summed E-state index contributed by atoms with van der Waals surface area (Å²) in [4.78, 5) is 41.0. The molecule has 9 nitrogen and oxygen atoms in total. The van der Waals surface area contributed by atoms with Gasteiger partial charge in [0.1, 0.15) is 0 Å². The molecule has 3 rings (SSSR count). The summed E-state index contributed by atoms with van der Waals surface area (Å²) in [5.41, 5.74) is 2.33. The third kappa shape index (κ3) is 5.70. The zero-order valence-electron chi connectivity index (χ0n) is 17.8. The van der Waals surface area contributed by atoms with E-state index in [4.69, 9.17) is 16.3 Å². The van der Waals surface area contributed by atoms with Gasteiger partial charge in [0, 0.05) is 12.2 Å². The van der Waals surface area contributed by atoms with Crippen molar-refractivity contribution >= 4 is 29.5 Å². The van der Waals surface area contributed by atoms with Crippen molar-refractivity contribution in [2.75, 3.05) is 0 Å². The van der Waals surface area contributed by atoms with Gasteiger partial charge >= 0.3 is 12.0 Å². The summed E-state index contributed by atoms with van der Waals surface area (Å²) in [6.45, 7) is 5.28. The number of carbonyl (C=O) groups excluding carboxylic acids is 3. The Bertz CT molecular complexity index is 1150. The number of rotatable bonds is 6. The average Bonchev–Trinajstić information content (AvgIpc) is 3.11. The van der Waals surface area contributed by atoms with E-state index in [1.54, 1.807) is 10.7 Å². The minimum absolute atomic E-state index is 0.0634. The zero-order chi connectivity index (χ0) is 23.3. The average molecular weight is 456 g/mol. The zero-order valence-corrected chi connectivity index (χ0v) is 18.5. The first-order valence-electron chi connectivity index (χ1n) is 9.78. The lowest BCUT2D eigenvalue weighted by molar-refractivity contribution is -0.127. The van der Waals surface area contributed by atoms with Crippen LogP contribution in [0.3, 0.4) is 0 Å². The second-order valence-electron chi connectivity index (χ2n) is 7.04. The number of ether oxygens (including phenoxy) is 1. The lowest BCUT2D eigenvalue weighted by atomic mass is 10.2. The third-order valence-electron chi connectivity index (χ3n) is 4.44. The Labute approximate surface area is 189 Å². The first-order valence-corrected chi connectivity index (χ1v) is 10.2. The molecule has 1 atom stereocenters. The number of carbonyl (C=O) groups is 3. The van der Waals surface area contributed by atoms with Gasteiger partial charge in [0.15, 0.2) is 17.6 Å². The summed E-state index contributed by atoms with van der Waals surface area (Å²) in [7, 11) is 0. The van der Waals surface area contributed by atoms with E-state index in [0.717, 1.165) is 17.0 Å². The molecule has 0 bridgehead atoms. The van der Waals surface area contributed by atoms with Crippen LogP contribution in [-0.2, 0) is 16.1 Å². The molecule has 1 aromatic carbocycles. The van der Waals surface area contributed by atoms with Crippen molar-refractivity contribution in [3.63, 3.8) is 0 Å². The highest BCUT2D eigenvalue weighted by molar-refractivity contribution is 6.33. The van der Waals surface area contributed by atoms with Gasteiger partial charge < -0.3 is 10.1 Å². The van der Waals surface area contributed by atoms with Crippen molar-refractivity contribution in [3.8, 4) is 5.82 Å². The van der Waals surface area contributed by atoms with Gasteiger partial charge in [-0.25, -0.2) is 19.3 Å². The molecule has 0 aliphatic rings.